The molecule has 0 aliphatic carbocycles. The fourth-order valence-corrected chi connectivity index (χ4v) is 12.0. The lowest BCUT2D eigenvalue weighted by Gasteiger charge is -2.25. The molecule has 0 bridgehead atoms. The second kappa shape index (κ2) is 69.0. The lowest BCUT2D eigenvalue weighted by molar-refractivity contribution is -0.870. The van der Waals surface area contributed by atoms with Crippen molar-refractivity contribution in [1.29, 1.82) is 0 Å². The molecule has 0 aromatic rings. The van der Waals surface area contributed by atoms with E-state index in [9.17, 15) is 19.4 Å². The lowest BCUT2D eigenvalue weighted by Crippen LogP contribution is -2.45. The Hall–Kier alpha value is -2.32. The second-order valence-corrected chi connectivity index (χ2v) is 28.5. The van der Waals surface area contributed by atoms with Crippen molar-refractivity contribution in [2.75, 3.05) is 40.9 Å². The molecule has 0 aliphatic rings. The van der Waals surface area contributed by atoms with Gasteiger partial charge in [-0.3, -0.25) is 13.8 Å². The van der Waals surface area contributed by atoms with Gasteiger partial charge in [0, 0.05) is 6.42 Å². The molecule has 0 aliphatic heterocycles. The predicted octanol–water partition coefficient (Wildman–Crippen LogP) is 24.7. The predicted molar refractivity (Wildman–Crippen MR) is 387 cm³/mol. The zero-order valence-corrected chi connectivity index (χ0v) is 59.9. The fraction of sp³-hybridized carbons (Fsp3) is 0.810. The van der Waals surface area contributed by atoms with Gasteiger partial charge in [-0.05, 0) is 70.6 Å². The summed E-state index contributed by atoms with van der Waals surface area (Å²) in [5.41, 5.74) is 0. The Kier molecular flexibility index (Phi) is 67.2. The van der Waals surface area contributed by atoms with E-state index in [1.54, 1.807) is 6.08 Å². The van der Waals surface area contributed by atoms with Crippen molar-refractivity contribution in [2.24, 2.45) is 0 Å². The van der Waals surface area contributed by atoms with Gasteiger partial charge in [0.15, 0.2) is 0 Å². The summed E-state index contributed by atoms with van der Waals surface area (Å²) in [6.07, 6.45) is 99.0. The number of aliphatic hydroxyl groups is 1. The standard InChI is InChI=1S/C79H147N2O6P/c1-6-8-10-12-14-16-18-20-22-24-26-28-30-32-33-34-35-36-37-38-39-40-41-42-43-44-45-46-47-49-51-53-55-57-59-61-63-65-67-69-71-73-79(83)80-77(76-87-88(84,85)86-75-74-81(3,4)5)78(82)72-70-68-66-64-62-60-58-56-54-52-50-48-31-29-27-25-23-21-19-17-15-13-11-9-7-2/h8,10,14,16,20,22,26,28,32-33,35-36,70,72,77-78,82H,6-7,9,11-13,15,17-19,21,23-25,27,29-31,34,37-69,71,73-76H2,1-5H3,(H-,80,83,84,85)/p+1/b10-8-,16-14-,22-20-,28-26-,33-32-,36-35-,72-70+. The molecule has 0 rings (SSSR count). The van der Waals surface area contributed by atoms with Crippen LogP contribution in [0.1, 0.15) is 361 Å². The molecule has 0 aromatic carbocycles. The molecule has 1 amide bonds. The van der Waals surface area contributed by atoms with Crippen LogP contribution in [0.2, 0.25) is 0 Å². The number of nitrogens with zero attached hydrogens (tertiary/aromatic N) is 1. The second-order valence-electron chi connectivity index (χ2n) is 27.0. The van der Waals surface area contributed by atoms with Crippen LogP contribution in [0.25, 0.3) is 0 Å². The number of carbonyl (C=O) groups excluding carboxylic acids is 1. The molecule has 8 nitrogen and oxygen atoms in total. The summed E-state index contributed by atoms with van der Waals surface area (Å²) in [6.45, 7) is 4.75. The van der Waals surface area contributed by atoms with Crippen molar-refractivity contribution < 1.29 is 32.9 Å². The largest absolute Gasteiger partial charge is 0.472 e. The number of unbranched alkanes of at least 4 members (excludes halogenated alkanes) is 45. The van der Waals surface area contributed by atoms with Crippen molar-refractivity contribution in [3.8, 4) is 0 Å². The number of nitrogens with one attached hydrogen (secondary N) is 1. The molecular weight excluding hydrogens is 1100 g/mol. The minimum Gasteiger partial charge on any atom is -0.387 e. The number of phosphoric acid groups is 1. The van der Waals surface area contributed by atoms with Crippen molar-refractivity contribution in [3.63, 3.8) is 0 Å². The van der Waals surface area contributed by atoms with Gasteiger partial charge in [-0.2, -0.15) is 0 Å². The molecule has 0 saturated carbocycles. The highest BCUT2D eigenvalue weighted by atomic mass is 31.2. The topological polar surface area (TPSA) is 105 Å². The first kappa shape index (κ1) is 85.7. The van der Waals surface area contributed by atoms with Crippen LogP contribution in [0.3, 0.4) is 0 Å². The van der Waals surface area contributed by atoms with Crippen LogP contribution in [0.15, 0.2) is 85.1 Å². The van der Waals surface area contributed by atoms with Gasteiger partial charge in [0.2, 0.25) is 5.91 Å². The first-order valence-corrected chi connectivity index (χ1v) is 39.5. The van der Waals surface area contributed by atoms with Crippen LogP contribution in [0, 0.1) is 0 Å². The summed E-state index contributed by atoms with van der Waals surface area (Å²) in [5, 5.41) is 14.0. The first-order chi connectivity index (χ1) is 43.0. The normalized spacial score (nSPS) is 14.0. The van der Waals surface area contributed by atoms with E-state index >= 15 is 0 Å². The summed E-state index contributed by atoms with van der Waals surface area (Å²) < 4.78 is 23.9. The number of rotatable bonds is 70. The van der Waals surface area contributed by atoms with Gasteiger partial charge < -0.3 is 19.8 Å². The SMILES string of the molecule is CC/C=C\C/C=C\C/C=C\C/C=C\C/C=C\C/C=C\CCCCCCCCCCCCCCCCCCCCCCCCC(=O)NC(COP(=O)(O)OCC[N+](C)(C)C)C(O)/C=C/CCCCCCCCCCCCCCCCCCCCCCCCC. The van der Waals surface area contributed by atoms with Gasteiger partial charge >= 0.3 is 7.82 Å². The highest BCUT2D eigenvalue weighted by Gasteiger charge is 2.28. The number of allylic oxidation sites excluding steroid dienone is 13. The number of aliphatic hydroxyl groups excluding tert-OH is 1. The van der Waals surface area contributed by atoms with E-state index < -0.39 is 20.0 Å². The molecule has 3 N–H and O–H groups in total. The van der Waals surface area contributed by atoms with Crippen LogP contribution in [0.5, 0.6) is 0 Å². The third-order valence-electron chi connectivity index (χ3n) is 17.1. The Bertz CT molecular complexity index is 1710. The first-order valence-electron chi connectivity index (χ1n) is 38.0. The van der Waals surface area contributed by atoms with E-state index in [1.807, 2.05) is 27.2 Å². The molecule has 3 atom stereocenters. The number of hydrogen-bond acceptors (Lipinski definition) is 5. The van der Waals surface area contributed by atoms with E-state index in [2.05, 4.69) is 92.1 Å². The number of amides is 1. The summed E-state index contributed by atoms with van der Waals surface area (Å²) >= 11 is 0. The van der Waals surface area contributed by atoms with Crippen molar-refractivity contribution in [2.45, 2.75) is 373 Å². The van der Waals surface area contributed by atoms with Crippen molar-refractivity contribution >= 4 is 13.7 Å². The van der Waals surface area contributed by atoms with E-state index in [4.69, 9.17) is 9.05 Å². The van der Waals surface area contributed by atoms with Crippen LogP contribution < -0.4 is 5.32 Å². The molecule has 0 radical (unpaired) electrons. The monoisotopic (exact) mass is 1250 g/mol. The minimum atomic E-state index is -4.36. The van der Waals surface area contributed by atoms with Gasteiger partial charge in [0.05, 0.1) is 39.9 Å². The number of carbonyl (C=O) groups is 1. The number of phosphoric ester groups is 1. The van der Waals surface area contributed by atoms with E-state index in [0.29, 0.717) is 17.4 Å². The van der Waals surface area contributed by atoms with Gasteiger partial charge in [-0.1, -0.05) is 369 Å². The number of hydrogen-bond donors (Lipinski definition) is 3. The summed E-state index contributed by atoms with van der Waals surface area (Å²) in [6, 6.07) is -0.849. The van der Waals surface area contributed by atoms with Crippen LogP contribution >= 0.6 is 7.82 Å². The Morgan fingerprint density at radius 3 is 1.00 bits per heavy atom. The molecule has 514 valence electrons. The fourth-order valence-electron chi connectivity index (χ4n) is 11.3. The molecule has 0 fully saturated rings. The highest BCUT2D eigenvalue weighted by molar-refractivity contribution is 7.47. The molecule has 3 unspecified atom stereocenters. The summed E-state index contributed by atoms with van der Waals surface area (Å²) in [7, 11) is 1.59. The zero-order valence-electron chi connectivity index (χ0n) is 59.0. The van der Waals surface area contributed by atoms with E-state index in [0.717, 1.165) is 77.0 Å². The third kappa shape index (κ3) is 71.1. The maximum Gasteiger partial charge on any atom is 0.472 e. The minimum absolute atomic E-state index is 0.0619. The molecule has 88 heavy (non-hydrogen) atoms. The van der Waals surface area contributed by atoms with Crippen LogP contribution in [-0.2, 0) is 18.4 Å². The van der Waals surface area contributed by atoms with E-state index in [-0.39, 0.29) is 19.1 Å². The Morgan fingerprint density at radius 2 is 0.682 bits per heavy atom. The molecular formula is C79H148N2O6P+. The maximum absolute atomic E-state index is 13.1. The smallest absolute Gasteiger partial charge is 0.387 e. The van der Waals surface area contributed by atoms with Crippen molar-refractivity contribution in [1.82, 2.24) is 5.32 Å². The number of quaternary nitrogens is 1. The molecule has 9 heteroatoms. The summed E-state index contributed by atoms with van der Waals surface area (Å²) in [5.74, 6) is -0.171. The van der Waals surface area contributed by atoms with Crippen LogP contribution in [-0.4, -0.2) is 73.4 Å². The Balaban J connectivity index is 3.96. The van der Waals surface area contributed by atoms with Gasteiger partial charge in [0.25, 0.3) is 0 Å². The van der Waals surface area contributed by atoms with Gasteiger partial charge in [-0.15, -0.1) is 0 Å². The van der Waals surface area contributed by atoms with Gasteiger partial charge in [-0.25, -0.2) is 4.57 Å². The van der Waals surface area contributed by atoms with Crippen LogP contribution in [0.4, 0.5) is 0 Å². The van der Waals surface area contributed by atoms with Gasteiger partial charge in [0.1, 0.15) is 13.2 Å². The average molecular weight is 1250 g/mol. The zero-order chi connectivity index (χ0) is 64.1. The Labute approximate surface area is 547 Å². The third-order valence-corrected chi connectivity index (χ3v) is 18.1. The quantitative estimate of drug-likeness (QED) is 0.0243. The average Bonchev–Trinajstić information content (AvgIpc) is 3.71. The van der Waals surface area contributed by atoms with E-state index in [1.165, 1.54) is 263 Å². The lowest BCUT2D eigenvalue weighted by atomic mass is 10.0. The maximum atomic E-state index is 13.1. The van der Waals surface area contributed by atoms with Crippen molar-refractivity contribution in [3.05, 3.63) is 85.1 Å². The molecule has 0 saturated heterocycles. The Morgan fingerprint density at radius 1 is 0.398 bits per heavy atom. The molecule has 0 aromatic heterocycles. The highest BCUT2D eigenvalue weighted by Crippen LogP contribution is 2.43. The molecule has 0 heterocycles. The summed E-state index contributed by atoms with van der Waals surface area (Å²) in [4.78, 5) is 23.5. The number of likely N-dealkylation sites (N-methyl/N-ethyl adjacent to an activating group) is 1. The molecule has 0 spiro atoms.